The fourth-order valence-electron chi connectivity index (χ4n) is 5.54. The van der Waals surface area contributed by atoms with Gasteiger partial charge in [-0.3, -0.25) is 14.8 Å². The molecule has 4 aromatic rings. The number of fused-ring (bicyclic) bond motifs is 1. The molecule has 11 nitrogen and oxygen atoms in total. The van der Waals surface area contributed by atoms with Gasteiger partial charge >= 0.3 is 11.9 Å². The summed E-state index contributed by atoms with van der Waals surface area (Å²) in [6.45, 7) is 9.26. The van der Waals surface area contributed by atoms with E-state index < -0.39 is 56.3 Å². The molecule has 16 heteroatoms. The molecule has 1 fully saturated rings. The number of carbonyl (C=O) groups is 1. The number of hydrogen-bond acceptors (Lipinski definition) is 9. The minimum absolute atomic E-state index is 0.0333. The van der Waals surface area contributed by atoms with Crippen molar-refractivity contribution in [3.8, 4) is 16.9 Å². The SMILES string of the molecule is C=CC(=O)N1CCN(c2nc(=O)n(-c3c(S(C)(=O)=O)ccnc3C(C)C)c3nc(-c4ccncc4C(F)(F)F)c(F)cc23)[C@@H](C)C1. The Morgan fingerprint density at radius 3 is 2.48 bits per heavy atom. The summed E-state index contributed by atoms with van der Waals surface area (Å²) < 4.78 is 84.8. The molecule has 0 unspecified atom stereocenters. The van der Waals surface area contributed by atoms with Crippen LogP contribution >= 0.6 is 0 Å². The zero-order chi connectivity index (χ0) is 33.7. The first-order valence-corrected chi connectivity index (χ1v) is 16.0. The van der Waals surface area contributed by atoms with E-state index in [0.29, 0.717) is 6.20 Å². The van der Waals surface area contributed by atoms with Crippen LogP contribution in [-0.2, 0) is 20.8 Å². The number of sulfone groups is 1. The second kappa shape index (κ2) is 11.9. The van der Waals surface area contributed by atoms with E-state index in [0.717, 1.165) is 29.2 Å². The van der Waals surface area contributed by atoms with Crippen LogP contribution in [-0.4, -0.2) is 75.7 Å². The summed E-state index contributed by atoms with van der Waals surface area (Å²) in [5, 5.41) is -0.0724. The first kappa shape index (κ1) is 32.7. The summed E-state index contributed by atoms with van der Waals surface area (Å²) in [5.41, 5.74) is -4.03. The first-order valence-electron chi connectivity index (χ1n) is 14.1. The minimum atomic E-state index is -4.93. The number of alkyl halides is 3. The van der Waals surface area contributed by atoms with Crippen LogP contribution in [0.1, 0.15) is 37.9 Å². The van der Waals surface area contributed by atoms with E-state index >= 15 is 4.39 Å². The van der Waals surface area contributed by atoms with E-state index in [1.165, 1.54) is 18.3 Å². The predicted molar refractivity (Wildman–Crippen MR) is 162 cm³/mol. The van der Waals surface area contributed by atoms with Crippen molar-refractivity contribution < 1.29 is 30.8 Å². The maximum absolute atomic E-state index is 16.0. The highest BCUT2D eigenvalue weighted by molar-refractivity contribution is 7.90. The lowest BCUT2D eigenvalue weighted by Crippen LogP contribution is -2.54. The summed E-state index contributed by atoms with van der Waals surface area (Å²) in [4.78, 5) is 45.6. The van der Waals surface area contributed by atoms with Gasteiger partial charge in [0.1, 0.15) is 17.3 Å². The number of piperazine rings is 1. The summed E-state index contributed by atoms with van der Waals surface area (Å²) >= 11 is 0. The Kier molecular flexibility index (Phi) is 8.44. The highest BCUT2D eigenvalue weighted by Crippen LogP contribution is 2.39. The molecule has 1 saturated heterocycles. The molecule has 242 valence electrons. The quantitative estimate of drug-likeness (QED) is 0.221. The number of aromatic nitrogens is 5. The average Bonchev–Trinajstić information content (AvgIpc) is 2.99. The van der Waals surface area contributed by atoms with Gasteiger partial charge < -0.3 is 9.80 Å². The van der Waals surface area contributed by atoms with Crippen LogP contribution in [0.25, 0.3) is 28.0 Å². The normalized spacial score (nSPS) is 15.9. The van der Waals surface area contributed by atoms with Crippen molar-refractivity contribution in [3.05, 3.63) is 77.0 Å². The van der Waals surface area contributed by atoms with Crippen LogP contribution in [0.15, 0.2) is 59.1 Å². The molecular formula is C30H29F4N7O4S. The third kappa shape index (κ3) is 5.84. The molecule has 1 amide bonds. The lowest BCUT2D eigenvalue weighted by Gasteiger charge is -2.40. The first-order chi connectivity index (χ1) is 21.5. The van der Waals surface area contributed by atoms with E-state index in [1.807, 2.05) is 0 Å². The van der Waals surface area contributed by atoms with E-state index in [4.69, 9.17) is 0 Å². The minimum Gasteiger partial charge on any atom is -0.350 e. The van der Waals surface area contributed by atoms with E-state index in [9.17, 15) is 31.2 Å². The number of nitrogens with zero attached hydrogens (tertiary/aromatic N) is 7. The Morgan fingerprint density at radius 1 is 1.15 bits per heavy atom. The fraction of sp³-hybridized carbons (Fsp3) is 0.333. The summed E-state index contributed by atoms with van der Waals surface area (Å²) in [6, 6.07) is 2.62. The van der Waals surface area contributed by atoms with Crippen molar-refractivity contribution in [3.63, 3.8) is 0 Å². The maximum atomic E-state index is 16.0. The molecule has 46 heavy (non-hydrogen) atoms. The van der Waals surface area contributed by atoms with Gasteiger partial charge in [0, 0.05) is 56.1 Å². The van der Waals surface area contributed by atoms with Gasteiger partial charge in [0.05, 0.1) is 27.2 Å². The third-order valence-corrected chi connectivity index (χ3v) is 8.78. The van der Waals surface area contributed by atoms with Crippen LogP contribution < -0.4 is 10.6 Å². The monoisotopic (exact) mass is 659 g/mol. The molecular weight excluding hydrogens is 630 g/mol. The van der Waals surface area contributed by atoms with Crippen LogP contribution in [0, 0.1) is 5.82 Å². The van der Waals surface area contributed by atoms with Gasteiger partial charge in [0.25, 0.3) is 0 Å². The largest absolute Gasteiger partial charge is 0.418 e. The second-order valence-corrected chi connectivity index (χ2v) is 13.1. The van der Waals surface area contributed by atoms with Crippen LogP contribution in [0.2, 0.25) is 0 Å². The molecule has 0 bridgehead atoms. The number of hydrogen-bond donors (Lipinski definition) is 0. The van der Waals surface area contributed by atoms with E-state index in [2.05, 4.69) is 26.5 Å². The molecule has 5 heterocycles. The zero-order valence-electron chi connectivity index (χ0n) is 25.2. The standard InChI is InChI=1S/C30H29F4N7O4S/c1-6-23(42)39-11-12-40(17(4)15-39)27-19-13-21(31)25(18-7-9-35-14-20(18)30(32,33)34)37-28(19)41(29(43)38-27)26-22(46(5,44)45)8-10-36-24(26)16(2)3/h6-10,13-14,16-17H,1,11-12,15H2,2-5H3/t17-/m0/s1. The van der Waals surface area contributed by atoms with Crippen LogP contribution in [0.3, 0.4) is 0 Å². The highest BCUT2D eigenvalue weighted by atomic mass is 32.2. The third-order valence-electron chi connectivity index (χ3n) is 7.65. The van der Waals surface area contributed by atoms with Gasteiger partial charge in [0.2, 0.25) is 5.91 Å². The van der Waals surface area contributed by atoms with Crippen molar-refractivity contribution >= 4 is 32.6 Å². The molecule has 0 radical (unpaired) electrons. The molecule has 0 aliphatic carbocycles. The molecule has 0 spiro atoms. The number of amides is 1. The molecule has 0 aromatic carbocycles. The Morgan fingerprint density at radius 2 is 1.87 bits per heavy atom. The van der Waals surface area contributed by atoms with Crippen molar-refractivity contribution in [2.24, 2.45) is 0 Å². The molecule has 0 N–H and O–H groups in total. The smallest absolute Gasteiger partial charge is 0.350 e. The number of rotatable bonds is 6. The Bertz CT molecular complexity index is 2050. The number of carbonyl (C=O) groups excluding carboxylic acids is 1. The van der Waals surface area contributed by atoms with Gasteiger partial charge in [-0.15, -0.1) is 0 Å². The summed E-state index contributed by atoms with van der Waals surface area (Å²) in [6.07, 6.45) is 0.0314. The molecule has 1 aliphatic rings. The molecule has 1 aliphatic heterocycles. The van der Waals surface area contributed by atoms with Gasteiger partial charge in [-0.1, -0.05) is 20.4 Å². The number of halogens is 4. The molecule has 4 aromatic heterocycles. The molecule has 5 rings (SSSR count). The Labute approximate surface area is 261 Å². The predicted octanol–water partition coefficient (Wildman–Crippen LogP) is 4.15. The topological polar surface area (TPSA) is 131 Å². The van der Waals surface area contributed by atoms with Crippen molar-refractivity contribution in [1.82, 2.24) is 29.4 Å². The number of anilines is 1. The van der Waals surface area contributed by atoms with Crippen molar-refractivity contribution in [2.75, 3.05) is 30.8 Å². The lowest BCUT2D eigenvalue weighted by molar-refractivity contribution is -0.137. The zero-order valence-corrected chi connectivity index (χ0v) is 26.0. The number of pyridine rings is 3. The Balaban J connectivity index is 1.90. The summed E-state index contributed by atoms with van der Waals surface area (Å²) in [5.74, 6) is -1.93. The van der Waals surface area contributed by atoms with Gasteiger partial charge in [-0.05, 0) is 37.1 Å². The summed E-state index contributed by atoms with van der Waals surface area (Å²) in [7, 11) is -4.02. The second-order valence-electron chi connectivity index (χ2n) is 11.2. The van der Waals surface area contributed by atoms with E-state index in [1.54, 1.807) is 30.6 Å². The van der Waals surface area contributed by atoms with Gasteiger partial charge in [0.15, 0.2) is 15.5 Å². The van der Waals surface area contributed by atoms with Crippen LogP contribution in [0.5, 0.6) is 0 Å². The molecule has 1 atom stereocenters. The van der Waals surface area contributed by atoms with E-state index in [-0.39, 0.29) is 58.7 Å². The Hall–Kier alpha value is -4.73. The fourth-order valence-corrected chi connectivity index (χ4v) is 6.40. The van der Waals surface area contributed by atoms with Gasteiger partial charge in [-0.25, -0.2) is 27.2 Å². The highest BCUT2D eigenvalue weighted by Gasteiger charge is 2.36. The molecule has 0 saturated carbocycles. The van der Waals surface area contributed by atoms with Gasteiger partial charge in [-0.2, -0.15) is 18.2 Å². The van der Waals surface area contributed by atoms with Crippen LogP contribution in [0.4, 0.5) is 23.4 Å². The maximum Gasteiger partial charge on any atom is 0.418 e. The average molecular weight is 660 g/mol. The lowest BCUT2D eigenvalue weighted by atomic mass is 10.0. The van der Waals surface area contributed by atoms with Crippen molar-refractivity contribution in [2.45, 2.75) is 43.8 Å². The van der Waals surface area contributed by atoms with Crippen molar-refractivity contribution in [1.29, 1.82) is 0 Å².